The Balaban J connectivity index is 1.70. The zero-order chi connectivity index (χ0) is 21.3. The minimum absolute atomic E-state index is 0.0726. The van der Waals surface area contributed by atoms with Crippen LogP contribution >= 0.6 is 0 Å². The third kappa shape index (κ3) is 4.04. The van der Waals surface area contributed by atoms with E-state index in [-0.39, 0.29) is 22.8 Å². The van der Waals surface area contributed by atoms with Gasteiger partial charge in [-0.25, -0.2) is 9.50 Å². The Kier molecular flexibility index (Phi) is 4.78. The van der Waals surface area contributed by atoms with Crippen LogP contribution in [0.5, 0.6) is 5.75 Å². The molecular weight excluding hydrogens is 401 g/mol. The van der Waals surface area contributed by atoms with E-state index >= 15 is 0 Å². The van der Waals surface area contributed by atoms with Crippen molar-refractivity contribution < 1.29 is 22.7 Å². The van der Waals surface area contributed by atoms with Crippen molar-refractivity contribution in [1.82, 2.24) is 24.8 Å². The molecule has 0 aliphatic carbocycles. The number of benzene rings is 1. The SMILES string of the molecule is Cc1ccc(NC(=O)c2cnc3ccc(-c4ccccc4OC(F)(F)F)nn23)nn1. The van der Waals surface area contributed by atoms with E-state index in [9.17, 15) is 18.0 Å². The van der Waals surface area contributed by atoms with Gasteiger partial charge in [0, 0.05) is 5.56 Å². The van der Waals surface area contributed by atoms with E-state index in [2.05, 4.69) is 30.3 Å². The van der Waals surface area contributed by atoms with Crippen molar-refractivity contribution in [2.24, 2.45) is 0 Å². The molecule has 152 valence electrons. The fourth-order valence-corrected chi connectivity index (χ4v) is 2.71. The molecule has 4 rings (SSSR count). The number of anilines is 1. The number of carbonyl (C=O) groups is 1. The van der Waals surface area contributed by atoms with Crippen molar-refractivity contribution in [3.8, 4) is 17.0 Å². The average molecular weight is 414 g/mol. The first-order chi connectivity index (χ1) is 14.3. The molecule has 1 N–H and O–H groups in total. The maximum absolute atomic E-state index is 12.7. The van der Waals surface area contributed by atoms with Crippen LogP contribution in [0.4, 0.5) is 19.0 Å². The summed E-state index contributed by atoms with van der Waals surface area (Å²) in [5.74, 6) is -0.719. The topological polar surface area (TPSA) is 94.3 Å². The van der Waals surface area contributed by atoms with Crippen molar-refractivity contribution in [1.29, 1.82) is 0 Å². The molecule has 0 bridgehead atoms. The molecule has 3 aromatic heterocycles. The number of hydrogen-bond acceptors (Lipinski definition) is 6. The molecular formula is C19H13F3N6O2. The number of imidazole rings is 1. The summed E-state index contributed by atoms with van der Waals surface area (Å²) < 4.78 is 43.5. The molecule has 0 saturated carbocycles. The lowest BCUT2D eigenvalue weighted by molar-refractivity contribution is -0.274. The lowest BCUT2D eigenvalue weighted by Gasteiger charge is -2.13. The second-order valence-corrected chi connectivity index (χ2v) is 6.19. The molecule has 1 amide bonds. The van der Waals surface area contributed by atoms with Gasteiger partial charge in [0.05, 0.1) is 17.6 Å². The van der Waals surface area contributed by atoms with Gasteiger partial charge in [-0.2, -0.15) is 10.2 Å². The number of para-hydroxylation sites is 1. The van der Waals surface area contributed by atoms with Crippen LogP contribution in [0.3, 0.4) is 0 Å². The molecule has 0 spiro atoms. The Labute approximate surface area is 167 Å². The van der Waals surface area contributed by atoms with Gasteiger partial charge in [-0.15, -0.1) is 18.3 Å². The maximum atomic E-state index is 12.7. The van der Waals surface area contributed by atoms with E-state index in [0.29, 0.717) is 11.3 Å². The highest BCUT2D eigenvalue weighted by molar-refractivity contribution is 6.02. The molecule has 1 aromatic carbocycles. The van der Waals surface area contributed by atoms with Gasteiger partial charge in [-0.3, -0.25) is 4.79 Å². The third-order valence-corrected chi connectivity index (χ3v) is 4.02. The molecule has 30 heavy (non-hydrogen) atoms. The smallest absolute Gasteiger partial charge is 0.405 e. The van der Waals surface area contributed by atoms with Gasteiger partial charge in [0.1, 0.15) is 5.75 Å². The van der Waals surface area contributed by atoms with Gasteiger partial charge in [0.2, 0.25) is 0 Å². The van der Waals surface area contributed by atoms with Crippen LogP contribution in [0.2, 0.25) is 0 Å². The third-order valence-electron chi connectivity index (χ3n) is 4.02. The van der Waals surface area contributed by atoms with Gasteiger partial charge < -0.3 is 10.1 Å². The van der Waals surface area contributed by atoms with E-state index in [1.54, 1.807) is 25.1 Å². The molecule has 11 heteroatoms. The van der Waals surface area contributed by atoms with Crippen LogP contribution in [-0.4, -0.2) is 37.1 Å². The van der Waals surface area contributed by atoms with Crippen LogP contribution in [0.25, 0.3) is 16.9 Å². The first-order valence-corrected chi connectivity index (χ1v) is 8.62. The van der Waals surface area contributed by atoms with Crippen LogP contribution in [-0.2, 0) is 0 Å². The van der Waals surface area contributed by atoms with Crippen LogP contribution < -0.4 is 10.1 Å². The highest BCUT2D eigenvalue weighted by atomic mass is 19.4. The van der Waals surface area contributed by atoms with E-state index in [0.717, 1.165) is 0 Å². The second-order valence-electron chi connectivity index (χ2n) is 6.19. The summed E-state index contributed by atoms with van der Waals surface area (Å²) in [7, 11) is 0. The Hall–Kier alpha value is -4.02. The van der Waals surface area contributed by atoms with E-state index in [4.69, 9.17) is 0 Å². The standard InChI is InChI=1S/C19H13F3N6O2/c1-11-6-8-16(26-25-11)24-18(29)14-10-23-17-9-7-13(27-28(14)17)12-4-2-3-5-15(12)30-19(20,21)22/h2-10H,1H3,(H,24,26,29). The molecule has 4 aromatic rings. The van der Waals surface area contributed by atoms with Gasteiger partial charge in [-0.1, -0.05) is 12.1 Å². The molecule has 8 nitrogen and oxygen atoms in total. The quantitative estimate of drug-likeness (QED) is 0.548. The fourth-order valence-electron chi connectivity index (χ4n) is 2.71. The van der Waals surface area contributed by atoms with Crippen LogP contribution in [0, 0.1) is 6.92 Å². The summed E-state index contributed by atoms with van der Waals surface area (Å²) in [6.07, 6.45) is -3.55. The molecule has 0 atom stereocenters. The monoisotopic (exact) mass is 414 g/mol. The fraction of sp³-hybridized carbons (Fsp3) is 0.105. The zero-order valence-electron chi connectivity index (χ0n) is 15.4. The summed E-state index contributed by atoms with van der Waals surface area (Å²) in [6.45, 7) is 1.76. The first kappa shape index (κ1) is 19.3. The van der Waals surface area contributed by atoms with Gasteiger partial charge >= 0.3 is 6.36 Å². The highest BCUT2D eigenvalue weighted by Crippen LogP contribution is 2.32. The maximum Gasteiger partial charge on any atom is 0.573 e. The van der Waals surface area contributed by atoms with E-state index in [1.165, 1.54) is 41.0 Å². The molecule has 0 aliphatic rings. The summed E-state index contributed by atoms with van der Waals surface area (Å²) in [5.41, 5.74) is 1.39. The van der Waals surface area contributed by atoms with Crippen molar-refractivity contribution in [3.05, 3.63) is 66.1 Å². The van der Waals surface area contributed by atoms with E-state index in [1.807, 2.05) is 0 Å². The summed E-state index contributed by atoms with van der Waals surface area (Å²) in [4.78, 5) is 16.7. The van der Waals surface area contributed by atoms with Gasteiger partial charge in [-0.05, 0) is 43.3 Å². The molecule has 0 unspecified atom stereocenters. The van der Waals surface area contributed by atoms with Crippen LogP contribution in [0.1, 0.15) is 16.2 Å². The average Bonchev–Trinajstić information content (AvgIpc) is 3.12. The van der Waals surface area contributed by atoms with Crippen molar-refractivity contribution >= 4 is 17.4 Å². The number of rotatable bonds is 4. The number of ether oxygens (including phenoxy) is 1. The zero-order valence-corrected chi connectivity index (χ0v) is 15.4. The van der Waals surface area contributed by atoms with Crippen molar-refractivity contribution in [2.45, 2.75) is 13.3 Å². The van der Waals surface area contributed by atoms with Crippen molar-refractivity contribution in [3.63, 3.8) is 0 Å². The Morgan fingerprint density at radius 3 is 2.60 bits per heavy atom. The number of hydrogen-bond donors (Lipinski definition) is 1. The number of halogens is 3. The minimum Gasteiger partial charge on any atom is -0.405 e. The number of aryl methyl sites for hydroxylation is 1. The largest absolute Gasteiger partial charge is 0.573 e. The lowest BCUT2D eigenvalue weighted by Crippen LogP contribution is -2.18. The number of carbonyl (C=O) groups excluding carboxylic acids is 1. The predicted octanol–water partition coefficient (Wildman–Crippen LogP) is 3.65. The van der Waals surface area contributed by atoms with E-state index < -0.39 is 18.0 Å². The van der Waals surface area contributed by atoms with Gasteiger partial charge in [0.15, 0.2) is 17.2 Å². The second kappa shape index (κ2) is 7.43. The van der Waals surface area contributed by atoms with Gasteiger partial charge in [0.25, 0.3) is 5.91 Å². The Morgan fingerprint density at radius 1 is 1.07 bits per heavy atom. The minimum atomic E-state index is -4.85. The normalized spacial score (nSPS) is 11.5. The molecule has 0 fully saturated rings. The summed E-state index contributed by atoms with van der Waals surface area (Å²) in [5, 5.41) is 14.6. The first-order valence-electron chi connectivity index (χ1n) is 8.62. The van der Waals surface area contributed by atoms with Crippen LogP contribution in [0.15, 0.2) is 54.7 Å². The Bertz CT molecular complexity index is 1220. The molecule has 0 saturated heterocycles. The molecule has 0 aliphatic heterocycles. The molecule has 3 heterocycles. The number of alkyl halides is 3. The number of nitrogens with zero attached hydrogens (tertiary/aromatic N) is 5. The lowest BCUT2D eigenvalue weighted by atomic mass is 10.1. The summed E-state index contributed by atoms with van der Waals surface area (Å²) >= 11 is 0. The summed E-state index contributed by atoms with van der Waals surface area (Å²) in [6, 6.07) is 11.9. The predicted molar refractivity (Wildman–Crippen MR) is 99.8 cm³/mol. The highest BCUT2D eigenvalue weighted by Gasteiger charge is 2.32. The van der Waals surface area contributed by atoms with Crippen molar-refractivity contribution in [2.75, 3.05) is 5.32 Å². The molecule has 0 radical (unpaired) electrons. The Morgan fingerprint density at radius 2 is 1.87 bits per heavy atom. The number of fused-ring (bicyclic) bond motifs is 1. The number of amides is 1. The number of nitrogens with one attached hydrogen (secondary N) is 1. The number of aromatic nitrogens is 5.